The molecule has 3 nitrogen and oxygen atoms in total. The third kappa shape index (κ3) is 4.33. The van der Waals surface area contributed by atoms with E-state index in [-0.39, 0.29) is 0 Å². The molecule has 2 aliphatic carbocycles. The molecular formula is C18H30N2O. The molecule has 0 radical (unpaired) electrons. The number of hydrogen-bond acceptors (Lipinski definition) is 3. The molecule has 1 aromatic heterocycles. The minimum atomic E-state index is 0.742. The van der Waals surface area contributed by atoms with Crippen molar-refractivity contribution in [1.29, 1.82) is 0 Å². The van der Waals surface area contributed by atoms with E-state index in [4.69, 9.17) is 4.42 Å². The van der Waals surface area contributed by atoms with E-state index in [9.17, 15) is 0 Å². The van der Waals surface area contributed by atoms with Crippen LogP contribution in [-0.2, 0) is 13.1 Å². The van der Waals surface area contributed by atoms with Crippen LogP contribution >= 0.6 is 0 Å². The summed E-state index contributed by atoms with van der Waals surface area (Å²) in [4.78, 5) is 2.50. The summed E-state index contributed by atoms with van der Waals surface area (Å²) in [5.41, 5.74) is 1.30. The van der Waals surface area contributed by atoms with Crippen LogP contribution in [0, 0.1) is 6.92 Å². The van der Waals surface area contributed by atoms with Gasteiger partial charge in [0.1, 0.15) is 11.5 Å². The third-order valence-corrected chi connectivity index (χ3v) is 5.05. The van der Waals surface area contributed by atoms with Crippen LogP contribution in [0.5, 0.6) is 0 Å². The van der Waals surface area contributed by atoms with Gasteiger partial charge >= 0.3 is 0 Å². The van der Waals surface area contributed by atoms with Gasteiger partial charge in [-0.1, -0.05) is 25.7 Å². The zero-order valence-corrected chi connectivity index (χ0v) is 13.7. The van der Waals surface area contributed by atoms with Gasteiger partial charge in [0.15, 0.2) is 0 Å². The minimum Gasteiger partial charge on any atom is -0.463 e. The van der Waals surface area contributed by atoms with Crippen LogP contribution in [0.4, 0.5) is 0 Å². The Labute approximate surface area is 129 Å². The summed E-state index contributed by atoms with van der Waals surface area (Å²) in [5.74, 6) is 2.26. The van der Waals surface area contributed by atoms with Crippen molar-refractivity contribution < 1.29 is 4.42 Å². The van der Waals surface area contributed by atoms with Crippen LogP contribution in [0.15, 0.2) is 10.5 Å². The predicted molar refractivity (Wildman–Crippen MR) is 86.3 cm³/mol. The Morgan fingerprint density at radius 1 is 1.14 bits per heavy atom. The molecule has 0 saturated heterocycles. The van der Waals surface area contributed by atoms with Crippen molar-refractivity contribution in [1.82, 2.24) is 10.2 Å². The first-order valence-electron chi connectivity index (χ1n) is 8.74. The molecule has 0 bridgehead atoms. The molecular weight excluding hydrogens is 260 g/mol. The van der Waals surface area contributed by atoms with E-state index in [1.54, 1.807) is 0 Å². The lowest BCUT2D eigenvalue weighted by Crippen LogP contribution is -2.30. The zero-order valence-electron chi connectivity index (χ0n) is 13.7. The van der Waals surface area contributed by atoms with Crippen LogP contribution in [-0.4, -0.2) is 24.0 Å². The van der Waals surface area contributed by atoms with Gasteiger partial charge in [-0.15, -0.1) is 0 Å². The third-order valence-electron chi connectivity index (χ3n) is 5.05. The molecule has 3 rings (SSSR count). The number of rotatable bonds is 6. The fourth-order valence-electron chi connectivity index (χ4n) is 3.44. The summed E-state index contributed by atoms with van der Waals surface area (Å²) in [7, 11) is 2.26. The lowest BCUT2D eigenvalue weighted by Gasteiger charge is -2.26. The Kier molecular flexibility index (Phi) is 5.02. The van der Waals surface area contributed by atoms with Crippen LogP contribution in [0.2, 0.25) is 0 Å². The first kappa shape index (κ1) is 15.1. The Hall–Kier alpha value is -0.800. The second-order valence-corrected chi connectivity index (χ2v) is 7.03. The monoisotopic (exact) mass is 290 g/mol. The van der Waals surface area contributed by atoms with Crippen molar-refractivity contribution in [3.63, 3.8) is 0 Å². The second-order valence-electron chi connectivity index (χ2n) is 7.03. The lowest BCUT2D eigenvalue weighted by atomic mass is 10.1. The van der Waals surface area contributed by atoms with Gasteiger partial charge in [-0.05, 0) is 51.3 Å². The van der Waals surface area contributed by atoms with Crippen LogP contribution in [0.3, 0.4) is 0 Å². The molecule has 0 atom stereocenters. The normalized spacial score (nSPS) is 20.9. The zero-order chi connectivity index (χ0) is 14.7. The van der Waals surface area contributed by atoms with Crippen LogP contribution in [0.1, 0.15) is 68.5 Å². The van der Waals surface area contributed by atoms with Gasteiger partial charge in [-0.3, -0.25) is 4.90 Å². The molecule has 1 heterocycles. The first-order chi connectivity index (χ1) is 10.2. The Morgan fingerprint density at radius 3 is 2.52 bits per heavy atom. The average molecular weight is 290 g/mol. The van der Waals surface area contributed by atoms with Gasteiger partial charge in [-0.2, -0.15) is 0 Å². The van der Waals surface area contributed by atoms with Gasteiger partial charge < -0.3 is 9.73 Å². The summed E-state index contributed by atoms with van der Waals surface area (Å²) in [6.45, 7) is 4.02. The van der Waals surface area contributed by atoms with Crippen molar-refractivity contribution in [2.24, 2.45) is 0 Å². The fraction of sp³-hybridized carbons (Fsp3) is 0.778. The largest absolute Gasteiger partial charge is 0.463 e. The van der Waals surface area contributed by atoms with E-state index in [1.165, 1.54) is 56.9 Å². The maximum Gasteiger partial charge on any atom is 0.120 e. The molecule has 2 aliphatic rings. The molecule has 0 aromatic carbocycles. The number of hydrogen-bond donors (Lipinski definition) is 1. The Balaban J connectivity index is 1.54. The maximum absolute atomic E-state index is 6.08. The number of nitrogens with zero attached hydrogens (tertiary/aromatic N) is 1. The summed E-state index contributed by atoms with van der Waals surface area (Å²) in [5, 5.41) is 3.54. The first-order valence-corrected chi connectivity index (χ1v) is 8.74. The van der Waals surface area contributed by atoms with Gasteiger partial charge in [-0.25, -0.2) is 0 Å². The highest BCUT2D eigenvalue weighted by Gasteiger charge is 2.22. The summed E-state index contributed by atoms with van der Waals surface area (Å²) in [6.07, 6.45) is 11.0. The van der Waals surface area contributed by atoms with Crippen molar-refractivity contribution in [2.45, 2.75) is 83.5 Å². The number of aryl methyl sites for hydroxylation is 1. The van der Waals surface area contributed by atoms with E-state index in [0.29, 0.717) is 0 Å². The quantitative estimate of drug-likeness (QED) is 0.803. The van der Waals surface area contributed by atoms with Crippen molar-refractivity contribution in [3.05, 3.63) is 23.2 Å². The highest BCUT2D eigenvalue weighted by molar-refractivity contribution is 5.20. The summed E-state index contributed by atoms with van der Waals surface area (Å²) >= 11 is 0. The van der Waals surface area contributed by atoms with Gasteiger partial charge in [0.05, 0.1) is 13.1 Å². The molecule has 0 spiro atoms. The summed E-state index contributed by atoms with van der Waals surface area (Å²) in [6, 6.07) is 3.72. The topological polar surface area (TPSA) is 28.4 Å². The highest BCUT2D eigenvalue weighted by atomic mass is 16.3. The molecule has 1 N–H and O–H groups in total. The Bertz CT molecular complexity index is 442. The van der Waals surface area contributed by atoms with Crippen molar-refractivity contribution in [3.8, 4) is 0 Å². The average Bonchev–Trinajstić information content (AvgIpc) is 3.25. The van der Waals surface area contributed by atoms with Crippen molar-refractivity contribution in [2.75, 3.05) is 7.05 Å². The van der Waals surface area contributed by atoms with Crippen LogP contribution in [0.25, 0.3) is 0 Å². The molecule has 2 saturated carbocycles. The molecule has 1 aromatic rings. The molecule has 3 heteroatoms. The predicted octanol–water partition coefficient (Wildman–Crippen LogP) is 3.99. The van der Waals surface area contributed by atoms with Crippen LogP contribution < -0.4 is 5.32 Å². The standard InChI is InChI=1S/C18H30N2O/c1-14-11-17(21-18(14)12-19-15-9-10-15)13-20(2)16-7-5-3-4-6-8-16/h11,15-16,19H,3-10,12-13H2,1-2H3. The second kappa shape index (κ2) is 6.97. The molecule has 2 fully saturated rings. The number of nitrogens with one attached hydrogen (secondary N) is 1. The van der Waals surface area contributed by atoms with Crippen molar-refractivity contribution >= 4 is 0 Å². The Morgan fingerprint density at radius 2 is 1.86 bits per heavy atom. The number of furan rings is 1. The molecule has 0 amide bonds. The van der Waals surface area contributed by atoms with Gasteiger partial charge in [0.2, 0.25) is 0 Å². The smallest absolute Gasteiger partial charge is 0.120 e. The highest BCUT2D eigenvalue weighted by Crippen LogP contribution is 2.24. The SMILES string of the molecule is Cc1cc(CN(C)C2CCCCCC2)oc1CNC1CC1. The maximum atomic E-state index is 6.08. The fourth-order valence-corrected chi connectivity index (χ4v) is 3.44. The molecule has 0 unspecified atom stereocenters. The molecule has 0 aliphatic heterocycles. The van der Waals surface area contributed by atoms with E-state index in [2.05, 4.69) is 30.3 Å². The molecule has 21 heavy (non-hydrogen) atoms. The molecule has 118 valence electrons. The van der Waals surface area contributed by atoms with Gasteiger partial charge in [0.25, 0.3) is 0 Å². The van der Waals surface area contributed by atoms with E-state index in [0.717, 1.165) is 36.7 Å². The van der Waals surface area contributed by atoms with E-state index in [1.807, 2.05) is 0 Å². The van der Waals surface area contributed by atoms with E-state index < -0.39 is 0 Å². The lowest BCUT2D eigenvalue weighted by molar-refractivity contribution is 0.196. The van der Waals surface area contributed by atoms with E-state index >= 15 is 0 Å². The van der Waals surface area contributed by atoms with Gasteiger partial charge in [0, 0.05) is 12.1 Å². The summed E-state index contributed by atoms with van der Waals surface area (Å²) < 4.78 is 6.08. The minimum absolute atomic E-state index is 0.742.